The third-order valence-electron chi connectivity index (χ3n) is 4.43. The highest BCUT2D eigenvalue weighted by molar-refractivity contribution is 8.76. The van der Waals surface area contributed by atoms with Crippen molar-refractivity contribution in [1.29, 1.82) is 0 Å². The number of carbonyl (C=O) groups excluding carboxylic acids is 5. The predicted octanol–water partition coefficient (Wildman–Crippen LogP) is 3.16. The number of hydrogen-bond donors (Lipinski definition) is 3. The molecule has 230 valence electrons. The van der Waals surface area contributed by atoms with Crippen LogP contribution in [0.4, 0.5) is 4.79 Å². The number of carbonyl (C=O) groups is 4. The van der Waals surface area contributed by atoms with Gasteiger partial charge in [0, 0.05) is 30.5 Å². The normalized spacial score (nSPS) is 11.8. The smallest absolute Gasteiger partial charge is 0.478 e. The predicted molar refractivity (Wildman–Crippen MR) is 159 cm³/mol. The van der Waals surface area contributed by atoms with E-state index in [9.17, 15) is 19.2 Å². The molecular formula is C26H38N2O10S3. The van der Waals surface area contributed by atoms with Gasteiger partial charge in [-0.05, 0) is 37.3 Å². The summed E-state index contributed by atoms with van der Waals surface area (Å²) < 4.78 is 14.4. The second kappa shape index (κ2) is 27.2. The minimum atomic E-state index is -1.11. The van der Waals surface area contributed by atoms with Crippen LogP contribution in [0.3, 0.4) is 0 Å². The van der Waals surface area contributed by atoms with E-state index in [0.29, 0.717) is 12.2 Å². The Kier molecular flexibility index (Phi) is 26.7. The largest absolute Gasteiger partial charge is 0.511 e. The van der Waals surface area contributed by atoms with Crippen molar-refractivity contribution >= 4 is 63.5 Å². The van der Waals surface area contributed by atoms with Gasteiger partial charge in [-0.3, -0.25) is 9.59 Å². The molecule has 1 aromatic rings. The Morgan fingerprint density at radius 3 is 2.24 bits per heavy atom. The second-order valence-corrected chi connectivity index (χ2v) is 11.2. The van der Waals surface area contributed by atoms with E-state index < -0.39 is 24.4 Å². The Morgan fingerprint density at radius 1 is 1.12 bits per heavy atom. The molecule has 1 aromatic carbocycles. The lowest BCUT2D eigenvalue weighted by molar-refractivity contribution is -0.191. The third-order valence-corrected chi connectivity index (χ3v) is 7.66. The van der Waals surface area contributed by atoms with Crippen LogP contribution in [0.5, 0.6) is 0 Å². The van der Waals surface area contributed by atoms with Crippen molar-refractivity contribution in [1.82, 2.24) is 5.32 Å². The van der Waals surface area contributed by atoms with Gasteiger partial charge in [0.1, 0.15) is 6.54 Å². The fourth-order valence-electron chi connectivity index (χ4n) is 2.59. The molecule has 0 aliphatic heterocycles. The third kappa shape index (κ3) is 25.7. The Hall–Kier alpha value is -2.97. The minimum Gasteiger partial charge on any atom is -0.478 e. The fraction of sp³-hybridized carbons (Fsp3) is 0.500. The average molecular weight is 635 g/mol. The molecule has 0 saturated heterocycles. The number of benzene rings is 1. The first-order chi connectivity index (χ1) is 19.5. The maximum atomic E-state index is 12.8. The summed E-state index contributed by atoms with van der Waals surface area (Å²) in [4.78, 5) is 61.6. The molecule has 0 fully saturated rings. The first-order valence-corrected chi connectivity index (χ1v) is 16.1. The van der Waals surface area contributed by atoms with E-state index in [0.717, 1.165) is 29.6 Å². The van der Waals surface area contributed by atoms with Gasteiger partial charge in [0.25, 0.3) is 0 Å². The molecule has 0 aromatic heterocycles. The summed E-state index contributed by atoms with van der Waals surface area (Å²) in [5.41, 5.74) is 7.15. The van der Waals surface area contributed by atoms with E-state index in [1.54, 1.807) is 40.3 Å². The van der Waals surface area contributed by atoms with E-state index in [2.05, 4.69) is 22.9 Å². The molecule has 0 saturated carbocycles. The van der Waals surface area contributed by atoms with Crippen LogP contribution in [0, 0.1) is 5.92 Å². The molecule has 0 spiro atoms. The molecule has 0 aliphatic carbocycles. The maximum absolute atomic E-state index is 12.8. The van der Waals surface area contributed by atoms with Crippen LogP contribution in [0.1, 0.15) is 25.8 Å². The van der Waals surface area contributed by atoms with Gasteiger partial charge in [-0.25, -0.2) is 9.59 Å². The molecular weight excluding hydrogens is 596 g/mol. The zero-order valence-electron chi connectivity index (χ0n) is 23.3. The number of amides is 1. The number of nitrogens with two attached hydrogens (primary N) is 1. The van der Waals surface area contributed by atoms with Crippen LogP contribution in [0.15, 0.2) is 43.0 Å². The summed E-state index contributed by atoms with van der Waals surface area (Å²) in [5, 5.41) is 10.2. The standard InChI is InChI=1S/C22H34N2O6S3.C3H4O2.CO2/c1-4-28-22(27)30-16(2)29-20(25)13-24-21(26)18(12-17-8-6-5-7-9-17)14-32-33-15-19(23)10-11-31-3;1-2-3(4)5;2-1-3/h5-9,16,18-19H,4,10-15,23H2,1-3H3,(H,24,26);2H,1H2,(H,4,5);/t16?,18-,19+;;/m1../s1. The fourth-order valence-corrected chi connectivity index (χ4v) is 5.69. The molecule has 41 heavy (non-hydrogen) atoms. The zero-order valence-corrected chi connectivity index (χ0v) is 25.7. The molecule has 0 aliphatic rings. The highest BCUT2D eigenvalue weighted by Gasteiger charge is 2.22. The van der Waals surface area contributed by atoms with Gasteiger partial charge in [0.15, 0.2) is 0 Å². The quantitative estimate of drug-likeness (QED) is 0.0745. The van der Waals surface area contributed by atoms with E-state index >= 15 is 0 Å². The number of ether oxygens (including phenoxy) is 3. The molecule has 4 N–H and O–H groups in total. The molecule has 15 heteroatoms. The molecule has 1 rings (SSSR count). The van der Waals surface area contributed by atoms with Gasteiger partial charge < -0.3 is 30.4 Å². The monoisotopic (exact) mass is 634 g/mol. The summed E-state index contributed by atoms with van der Waals surface area (Å²) in [6, 6.07) is 9.86. The Morgan fingerprint density at radius 2 is 1.71 bits per heavy atom. The van der Waals surface area contributed by atoms with Gasteiger partial charge in [-0.2, -0.15) is 21.4 Å². The molecule has 0 radical (unpaired) electrons. The summed E-state index contributed by atoms with van der Waals surface area (Å²) >= 11 is 1.78. The van der Waals surface area contributed by atoms with Crippen molar-refractivity contribution < 1.29 is 48.1 Å². The summed E-state index contributed by atoms with van der Waals surface area (Å²) in [6.45, 7) is 5.82. The number of hydrogen-bond acceptors (Lipinski definition) is 13. The SMILES string of the molecule is C=CC(=O)O.CCOC(=O)OC(C)OC(=O)CNC(=O)[C@@H](CSSC[C@@H](N)CCSC)Cc1ccccc1.O=C=O. The summed E-state index contributed by atoms with van der Waals surface area (Å²) in [6.07, 6.45) is 2.62. The van der Waals surface area contributed by atoms with Gasteiger partial charge in [-0.15, -0.1) is 0 Å². The Bertz CT molecular complexity index is 931. The van der Waals surface area contributed by atoms with Crippen molar-refractivity contribution in [3.05, 3.63) is 48.6 Å². The second-order valence-electron chi connectivity index (χ2n) is 7.70. The minimum absolute atomic E-state index is 0.130. The average Bonchev–Trinajstić information content (AvgIpc) is 2.93. The van der Waals surface area contributed by atoms with Gasteiger partial charge in [0.2, 0.25) is 12.2 Å². The summed E-state index contributed by atoms with van der Waals surface area (Å²) in [5.74, 6) is 0.173. The van der Waals surface area contributed by atoms with E-state index in [4.69, 9.17) is 29.9 Å². The van der Waals surface area contributed by atoms with Gasteiger partial charge in [0.05, 0.1) is 12.5 Å². The van der Waals surface area contributed by atoms with E-state index in [1.165, 1.54) is 6.92 Å². The molecule has 3 atom stereocenters. The molecule has 1 unspecified atom stereocenters. The lowest BCUT2D eigenvalue weighted by Gasteiger charge is -2.18. The van der Waals surface area contributed by atoms with Crippen LogP contribution < -0.4 is 11.1 Å². The van der Waals surface area contributed by atoms with Crippen molar-refractivity contribution in [2.75, 3.05) is 36.7 Å². The molecule has 1 amide bonds. The lowest BCUT2D eigenvalue weighted by Crippen LogP contribution is -2.38. The van der Waals surface area contributed by atoms with Gasteiger partial charge >= 0.3 is 24.2 Å². The number of rotatable bonds is 17. The van der Waals surface area contributed by atoms with Crippen LogP contribution in [-0.4, -0.2) is 84.3 Å². The Labute approximate surface area is 252 Å². The van der Waals surface area contributed by atoms with Crippen molar-refractivity contribution in [2.24, 2.45) is 11.7 Å². The lowest BCUT2D eigenvalue weighted by atomic mass is 10.0. The number of carboxylic acid groups (broad SMARTS) is 1. The highest BCUT2D eigenvalue weighted by Crippen LogP contribution is 2.27. The first kappa shape index (κ1) is 40.2. The number of nitrogens with one attached hydrogen (secondary N) is 1. The number of aliphatic carboxylic acids is 1. The van der Waals surface area contributed by atoms with Crippen LogP contribution in [0.25, 0.3) is 0 Å². The van der Waals surface area contributed by atoms with Crippen LogP contribution >= 0.6 is 33.3 Å². The van der Waals surface area contributed by atoms with E-state index in [-0.39, 0.29) is 37.2 Å². The topological polar surface area (TPSA) is 188 Å². The van der Waals surface area contributed by atoms with Crippen molar-refractivity contribution in [3.8, 4) is 0 Å². The number of esters is 1. The zero-order chi connectivity index (χ0) is 31.5. The highest BCUT2D eigenvalue weighted by atomic mass is 33.1. The number of carboxylic acids is 1. The van der Waals surface area contributed by atoms with Gasteiger partial charge in [-0.1, -0.05) is 58.5 Å². The maximum Gasteiger partial charge on any atom is 0.511 e. The van der Waals surface area contributed by atoms with Crippen LogP contribution in [-0.2, 0) is 44.6 Å². The van der Waals surface area contributed by atoms with Crippen molar-refractivity contribution in [2.45, 2.75) is 39.0 Å². The van der Waals surface area contributed by atoms with E-state index in [1.807, 2.05) is 30.3 Å². The van der Waals surface area contributed by atoms with Crippen LogP contribution in [0.2, 0.25) is 0 Å². The molecule has 0 bridgehead atoms. The molecule has 12 nitrogen and oxygen atoms in total. The summed E-state index contributed by atoms with van der Waals surface area (Å²) in [7, 11) is 3.27. The Balaban J connectivity index is 0. The van der Waals surface area contributed by atoms with Crippen molar-refractivity contribution in [3.63, 3.8) is 0 Å². The first-order valence-electron chi connectivity index (χ1n) is 12.2. The number of thioether (sulfide) groups is 1. The molecule has 0 heterocycles.